The number of benzene rings is 1. The quantitative estimate of drug-likeness (QED) is 0.846. The zero-order chi connectivity index (χ0) is 16.2. The van der Waals surface area contributed by atoms with Gasteiger partial charge in [-0.05, 0) is 30.9 Å². The van der Waals surface area contributed by atoms with Gasteiger partial charge < -0.3 is 15.2 Å². The van der Waals surface area contributed by atoms with Gasteiger partial charge in [-0.1, -0.05) is 32.0 Å². The molecule has 5 nitrogen and oxygen atoms in total. The van der Waals surface area contributed by atoms with Crippen molar-refractivity contribution in [3.63, 3.8) is 0 Å². The Bertz CT molecular complexity index is 551. The fourth-order valence-electron chi connectivity index (χ4n) is 2.87. The lowest BCUT2D eigenvalue weighted by Crippen LogP contribution is -2.52. The second kappa shape index (κ2) is 6.81. The van der Waals surface area contributed by atoms with Gasteiger partial charge in [0.25, 0.3) is 0 Å². The Labute approximate surface area is 130 Å². The van der Waals surface area contributed by atoms with Crippen LogP contribution in [0.2, 0.25) is 0 Å². The third-order valence-corrected chi connectivity index (χ3v) is 4.48. The maximum atomic E-state index is 12.5. The monoisotopic (exact) mass is 305 g/mol. The predicted molar refractivity (Wildman–Crippen MR) is 82.8 cm³/mol. The summed E-state index contributed by atoms with van der Waals surface area (Å²) >= 11 is 0. The van der Waals surface area contributed by atoms with E-state index in [0.29, 0.717) is 25.9 Å². The number of rotatable bonds is 6. The Kier molecular flexibility index (Phi) is 5.06. The van der Waals surface area contributed by atoms with Crippen LogP contribution >= 0.6 is 0 Å². The Hall–Kier alpha value is -2.04. The van der Waals surface area contributed by atoms with E-state index < -0.39 is 11.5 Å². The van der Waals surface area contributed by atoms with E-state index in [1.54, 1.807) is 0 Å². The van der Waals surface area contributed by atoms with Gasteiger partial charge in [0.05, 0.1) is 12.3 Å². The van der Waals surface area contributed by atoms with Gasteiger partial charge in [-0.2, -0.15) is 0 Å². The molecule has 0 aliphatic carbocycles. The van der Waals surface area contributed by atoms with E-state index >= 15 is 0 Å². The van der Waals surface area contributed by atoms with E-state index in [1.165, 1.54) is 0 Å². The molecule has 0 saturated heterocycles. The van der Waals surface area contributed by atoms with Crippen LogP contribution in [0.3, 0.4) is 0 Å². The number of amides is 1. The summed E-state index contributed by atoms with van der Waals surface area (Å²) in [5.74, 6) is -0.468. The highest BCUT2D eigenvalue weighted by Gasteiger charge is 2.34. The average molecular weight is 305 g/mol. The average Bonchev–Trinajstić information content (AvgIpc) is 2.53. The molecule has 0 radical (unpaired) electrons. The van der Waals surface area contributed by atoms with Crippen LogP contribution in [-0.4, -0.2) is 29.1 Å². The molecule has 2 N–H and O–H groups in total. The van der Waals surface area contributed by atoms with Gasteiger partial charge in [0.1, 0.15) is 12.4 Å². The minimum Gasteiger partial charge on any atom is -0.492 e. The highest BCUT2D eigenvalue weighted by Crippen LogP contribution is 2.28. The number of carboxylic acid groups (broad SMARTS) is 1. The summed E-state index contributed by atoms with van der Waals surface area (Å²) in [4.78, 5) is 23.6. The van der Waals surface area contributed by atoms with Gasteiger partial charge in [-0.3, -0.25) is 9.59 Å². The van der Waals surface area contributed by atoms with Crippen LogP contribution in [0.15, 0.2) is 24.3 Å². The van der Waals surface area contributed by atoms with Gasteiger partial charge in [0.15, 0.2) is 0 Å². The van der Waals surface area contributed by atoms with Crippen molar-refractivity contribution in [3.8, 4) is 5.75 Å². The molecule has 2 rings (SSSR count). The first kappa shape index (κ1) is 16.3. The SMILES string of the molecule is CCC(CC)(CC(=O)O)NC(=O)C1COc2ccccc2C1. The van der Waals surface area contributed by atoms with Gasteiger partial charge in [-0.15, -0.1) is 0 Å². The molecule has 1 amide bonds. The Balaban J connectivity index is 2.07. The molecule has 0 saturated carbocycles. The second-order valence-electron chi connectivity index (χ2n) is 5.87. The standard InChI is InChI=1S/C17H23NO4/c1-3-17(4-2,10-15(19)20)18-16(21)13-9-12-7-5-6-8-14(12)22-11-13/h5-8,13H,3-4,9-11H2,1-2H3,(H,18,21)(H,19,20). The molecule has 0 spiro atoms. The number of ether oxygens (including phenoxy) is 1. The van der Waals surface area contributed by atoms with Gasteiger partial charge in [-0.25, -0.2) is 0 Å². The van der Waals surface area contributed by atoms with Crippen LogP contribution in [0.1, 0.15) is 38.7 Å². The fourth-order valence-corrected chi connectivity index (χ4v) is 2.87. The number of carbonyl (C=O) groups excluding carboxylic acids is 1. The molecule has 0 aromatic heterocycles. The number of carbonyl (C=O) groups is 2. The highest BCUT2D eigenvalue weighted by molar-refractivity contribution is 5.81. The topological polar surface area (TPSA) is 75.6 Å². The molecular weight excluding hydrogens is 282 g/mol. The first-order chi connectivity index (χ1) is 10.5. The van der Waals surface area contributed by atoms with Crippen molar-refractivity contribution >= 4 is 11.9 Å². The molecule has 120 valence electrons. The number of nitrogens with one attached hydrogen (secondary N) is 1. The maximum absolute atomic E-state index is 12.5. The number of para-hydroxylation sites is 1. The number of fused-ring (bicyclic) bond motifs is 1. The van der Waals surface area contributed by atoms with Crippen molar-refractivity contribution in [1.82, 2.24) is 5.32 Å². The third kappa shape index (κ3) is 3.59. The molecule has 5 heteroatoms. The zero-order valence-electron chi connectivity index (χ0n) is 13.1. The van der Waals surface area contributed by atoms with E-state index in [2.05, 4.69) is 5.32 Å². The smallest absolute Gasteiger partial charge is 0.305 e. The lowest BCUT2D eigenvalue weighted by atomic mass is 9.87. The van der Waals surface area contributed by atoms with Gasteiger partial charge in [0.2, 0.25) is 5.91 Å². The van der Waals surface area contributed by atoms with Crippen LogP contribution in [0.25, 0.3) is 0 Å². The summed E-state index contributed by atoms with van der Waals surface area (Å²) in [5, 5.41) is 12.1. The van der Waals surface area contributed by atoms with Crippen LogP contribution in [-0.2, 0) is 16.0 Å². The molecular formula is C17H23NO4. The van der Waals surface area contributed by atoms with Crippen molar-refractivity contribution in [2.75, 3.05) is 6.61 Å². The lowest BCUT2D eigenvalue weighted by Gasteiger charge is -2.34. The van der Waals surface area contributed by atoms with Crippen molar-refractivity contribution in [1.29, 1.82) is 0 Å². The minimum absolute atomic E-state index is 0.0596. The fraction of sp³-hybridized carbons (Fsp3) is 0.529. The molecule has 0 bridgehead atoms. The predicted octanol–water partition coefficient (Wildman–Crippen LogP) is 2.39. The number of carboxylic acids is 1. The summed E-state index contributed by atoms with van der Waals surface area (Å²) < 4.78 is 5.64. The zero-order valence-corrected chi connectivity index (χ0v) is 13.1. The molecule has 22 heavy (non-hydrogen) atoms. The van der Waals surface area contributed by atoms with Crippen LogP contribution in [0, 0.1) is 5.92 Å². The first-order valence-electron chi connectivity index (χ1n) is 7.74. The third-order valence-electron chi connectivity index (χ3n) is 4.48. The summed E-state index contributed by atoms with van der Waals surface area (Å²) in [6.07, 6.45) is 1.74. The van der Waals surface area contributed by atoms with Gasteiger partial charge >= 0.3 is 5.97 Å². The normalized spacial score (nSPS) is 17.3. The summed E-state index contributed by atoms with van der Waals surface area (Å²) in [6, 6.07) is 7.69. The number of hydrogen-bond acceptors (Lipinski definition) is 3. The molecule has 1 aromatic carbocycles. The van der Waals surface area contributed by atoms with E-state index in [0.717, 1.165) is 11.3 Å². The molecule has 1 aromatic rings. The second-order valence-corrected chi connectivity index (χ2v) is 5.87. The van der Waals surface area contributed by atoms with E-state index in [1.807, 2.05) is 38.1 Å². The molecule has 1 aliphatic heterocycles. The van der Waals surface area contributed by atoms with E-state index in [9.17, 15) is 9.59 Å². The highest BCUT2D eigenvalue weighted by atomic mass is 16.5. The number of hydrogen-bond donors (Lipinski definition) is 2. The largest absolute Gasteiger partial charge is 0.492 e. The Morgan fingerprint density at radius 2 is 2.00 bits per heavy atom. The molecule has 0 fully saturated rings. The molecule has 1 unspecified atom stereocenters. The van der Waals surface area contributed by atoms with Crippen LogP contribution in [0.5, 0.6) is 5.75 Å². The van der Waals surface area contributed by atoms with Crippen molar-refractivity contribution < 1.29 is 19.4 Å². The first-order valence-corrected chi connectivity index (χ1v) is 7.74. The molecule has 1 heterocycles. The summed E-state index contributed by atoms with van der Waals surface area (Å²) in [5.41, 5.74) is 0.339. The lowest BCUT2D eigenvalue weighted by molar-refractivity contribution is -0.139. The maximum Gasteiger partial charge on any atom is 0.305 e. The summed E-state index contributed by atoms with van der Waals surface area (Å²) in [7, 11) is 0. The van der Waals surface area contributed by atoms with E-state index in [-0.39, 0.29) is 18.2 Å². The minimum atomic E-state index is -0.894. The van der Waals surface area contributed by atoms with Crippen molar-refractivity contribution in [3.05, 3.63) is 29.8 Å². The van der Waals surface area contributed by atoms with Crippen LogP contribution < -0.4 is 10.1 Å². The summed E-state index contributed by atoms with van der Waals surface area (Å²) in [6.45, 7) is 4.14. The van der Waals surface area contributed by atoms with Crippen molar-refractivity contribution in [2.24, 2.45) is 5.92 Å². The van der Waals surface area contributed by atoms with Crippen LogP contribution in [0.4, 0.5) is 0 Å². The van der Waals surface area contributed by atoms with Crippen molar-refractivity contribution in [2.45, 2.75) is 45.1 Å². The number of aliphatic carboxylic acids is 1. The molecule has 1 atom stereocenters. The Morgan fingerprint density at radius 3 is 2.64 bits per heavy atom. The van der Waals surface area contributed by atoms with E-state index in [4.69, 9.17) is 9.84 Å². The van der Waals surface area contributed by atoms with Gasteiger partial charge in [0, 0.05) is 5.54 Å². The Morgan fingerprint density at radius 1 is 1.32 bits per heavy atom. The molecule has 1 aliphatic rings.